The summed E-state index contributed by atoms with van der Waals surface area (Å²) in [6.07, 6.45) is 0. The van der Waals surface area contributed by atoms with Gasteiger partial charge in [-0.3, -0.25) is 4.79 Å². The third-order valence-corrected chi connectivity index (χ3v) is 2.43. The second kappa shape index (κ2) is 4.82. The van der Waals surface area contributed by atoms with Gasteiger partial charge >= 0.3 is 0 Å². The van der Waals surface area contributed by atoms with Gasteiger partial charge in [-0.15, -0.1) is 0 Å². The molecule has 1 amide bonds. The summed E-state index contributed by atoms with van der Waals surface area (Å²) in [5.74, 6) is 0.798. The van der Waals surface area contributed by atoms with Crippen LogP contribution in [0.15, 0.2) is 24.3 Å². The lowest BCUT2D eigenvalue weighted by Gasteiger charge is -2.21. The molecule has 0 saturated carbocycles. The van der Waals surface area contributed by atoms with E-state index in [-0.39, 0.29) is 11.9 Å². The van der Waals surface area contributed by atoms with Gasteiger partial charge in [0.2, 0.25) is 0 Å². The van der Waals surface area contributed by atoms with E-state index in [0.29, 0.717) is 5.56 Å². The maximum absolute atomic E-state index is 11.9. The molecule has 1 aromatic rings. The van der Waals surface area contributed by atoms with Gasteiger partial charge in [0.1, 0.15) is 5.75 Å². The molecule has 0 aliphatic heterocycles. The molecule has 3 heteroatoms. The van der Waals surface area contributed by atoms with Crippen molar-refractivity contribution in [1.29, 1.82) is 0 Å². The summed E-state index contributed by atoms with van der Waals surface area (Å²) in [6, 6.07) is 7.35. The largest absolute Gasteiger partial charge is 0.497 e. The van der Waals surface area contributed by atoms with Crippen molar-refractivity contribution in [3.05, 3.63) is 29.8 Å². The Kier molecular flexibility index (Phi) is 3.72. The molecule has 15 heavy (non-hydrogen) atoms. The van der Waals surface area contributed by atoms with Crippen molar-refractivity contribution >= 4 is 5.91 Å². The van der Waals surface area contributed by atoms with Crippen molar-refractivity contribution in [2.45, 2.75) is 19.9 Å². The van der Waals surface area contributed by atoms with Crippen LogP contribution in [-0.4, -0.2) is 31.0 Å². The molecule has 0 aromatic heterocycles. The molecule has 82 valence electrons. The quantitative estimate of drug-likeness (QED) is 0.760. The molecule has 0 N–H and O–H groups in total. The summed E-state index contributed by atoms with van der Waals surface area (Å²) in [6.45, 7) is 3.98. The SMILES string of the molecule is COc1ccc(C(=O)N(C)C(C)C)cc1. The minimum Gasteiger partial charge on any atom is -0.497 e. The fourth-order valence-corrected chi connectivity index (χ4v) is 1.17. The first-order valence-electron chi connectivity index (χ1n) is 4.97. The minimum atomic E-state index is 0.0349. The van der Waals surface area contributed by atoms with Gasteiger partial charge in [0, 0.05) is 18.7 Å². The Morgan fingerprint density at radius 3 is 2.20 bits per heavy atom. The normalized spacial score (nSPS) is 10.2. The van der Waals surface area contributed by atoms with E-state index in [1.54, 1.807) is 43.3 Å². The van der Waals surface area contributed by atoms with Crippen LogP contribution < -0.4 is 4.74 Å². The summed E-state index contributed by atoms with van der Waals surface area (Å²) >= 11 is 0. The zero-order valence-electron chi connectivity index (χ0n) is 9.65. The number of ether oxygens (including phenoxy) is 1. The Bertz CT molecular complexity index is 330. The van der Waals surface area contributed by atoms with E-state index in [4.69, 9.17) is 4.74 Å². The Hall–Kier alpha value is -1.51. The number of carbonyl (C=O) groups is 1. The molecule has 0 fully saturated rings. The smallest absolute Gasteiger partial charge is 0.253 e. The topological polar surface area (TPSA) is 29.5 Å². The van der Waals surface area contributed by atoms with Gasteiger partial charge in [0.05, 0.1) is 7.11 Å². The van der Waals surface area contributed by atoms with Crippen molar-refractivity contribution in [3.8, 4) is 5.75 Å². The van der Waals surface area contributed by atoms with E-state index >= 15 is 0 Å². The lowest BCUT2D eigenvalue weighted by molar-refractivity contribution is 0.0755. The van der Waals surface area contributed by atoms with E-state index in [0.717, 1.165) is 5.75 Å². The highest BCUT2D eigenvalue weighted by atomic mass is 16.5. The van der Waals surface area contributed by atoms with Gasteiger partial charge in [-0.05, 0) is 38.1 Å². The third kappa shape index (κ3) is 2.72. The average Bonchev–Trinajstić information content (AvgIpc) is 2.27. The van der Waals surface area contributed by atoms with Gasteiger partial charge in [-0.25, -0.2) is 0 Å². The molecule has 0 bridgehead atoms. The van der Waals surface area contributed by atoms with Crippen molar-refractivity contribution in [3.63, 3.8) is 0 Å². The number of rotatable bonds is 3. The van der Waals surface area contributed by atoms with Crippen LogP contribution in [0.4, 0.5) is 0 Å². The molecule has 3 nitrogen and oxygen atoms in total. The molecule has 0 aliphatic carbocycles. The monoisotopic (exact) mass is 207 g/mol. The number of methoxy groups -OCH3 is 1. The van der Waals surface area contributed by atoms with Crippen molar-refractivity contribution in [2.75, 3.05) is 14.2 Å². The van der Waals surface area contributed by atoms with Crippen LogP contribution >= 0.6 is 0 Å². The van der Waals surface area contributed by atoms with Crippen LogP contribution in [0.5, 0.6) is 5.75 Å². The Balaban J connectivity index is 2.83. The molecule has 0 heterocycles. The summed E-state index contributed by atoms with van der Waals surface area (Å²) in [5.41, 5.74) is 0.687. The van der Waals surface area contributed by atoms with Crippen LogP contribution in [0.3, 0.4) is 0 Å². The van der Waals surface area contributed by atoms with E-state index in [9.17, 15) is 4.79 Å². The second-order valence-corrected chi connectivity index (χ2v) is 3.74. The van der Waals surface area contributed by atoms with Gasteiger partial charge in [-0.1, -0.05) is 0 Å². The molecule has 0 atom stereocenters. The Morgan fingerprint density at radius 1 is 1.27 bits per heavy atom. The number of benzene rings is 1. The number of carbonyl (C=O) groups excluding carboxylic acids is 1. The van der Waals surface area contributed by atoms with Crippen LogP contribution in [0.2, 0.25) is 0 Å². The summed E-state index contributed by atoms with van der Waals surface area (Å²) in [5, 5.41) is 0. The van der Waals surface area contributed by atoms with Crippen LogP contribution in [0, 0.1) is 0 Å². The van der Waals surface area contributed by atoms with Crippen molar-refractivity contribution < 1.29 is 9.53 Å². The minimum absolute atomic E-state index is 0.0349. The van der Waals surface area contributed by atoms with Crippen LogP contribution in [0.25, 0.3) is 0 Å². The van der Waals surface area contributed by atoms with E-state index in [2.05, 4.69) is 0 Å². The van der Waals surface area contributed by atoms with Crippen molar-refractivity contribution in [2.24, 2.45) is 0 Å². The zero-order valence-corrected chi connectivity index (χ0v) is 9.65. The molecule has 0 saturated heterocycles. The van der Waals surface area contributed by atoms with Gasteiger partial charge in [0.25, 0.3) is 5.91 Å². The van der Waals surface area contributed by atoms with Crippen molar-refractivity contribution in [1.82, 2.24) is 4.90 Å². The predicted octanol–water partition coefficient (Wildman–Crippen LogP) is 2.18. The highest BCUT2D eigenvalue weighted by molar-refractivity contribution is 5.94. The Morgan fingerprint density at radius 2 is 1.80 bits per heavy atom. The van der Waals surface area contributed by atoms with Gasteiger partial charge in [-0.2, -0.15) is 0 Å². The first-order chi connectivity index (χ1) is 7.06. The molecular formula is C12H17NO2. The zero-order chi connectivity index (χ0) is 11.4. The molecule has 1 rings (SSSR count). The maximum atomic E-state index is 11.9. The van der Waals surface area contributed by atoms with E-state index in [1.807, 2.05) is 13.8 Å². The van der Waals surface area contributed by atoms with E-state index < -0.39 is 0 Å². The lowest BCUT2D eigenvalue weighted by Crippen LogP contribution is -2.32. The van der Waals surface area contributed by atoms with Gasteiger partial charge in [0.15, 0.2) is 0 Å². The fourth-order valence-electron chi connectivity index (χ4n) is 1.17. The lowest BCUT2D eigenvalue weighted by atomic mass is 10.2. The Labute approximate surface area is 90.7 Å². The number of amides is 1. The molecule has 0 spiro atoms. The highest BCUT2D eigenvalue weighted by Crippen LogP contribution is 2.13. The molecule has 0 aliphatic rings. The fraction of sp³-hybridized carbons (Fsp3) is 0.417. The highest BCUT2D eigenvalue weighted by Gasteiger charge is 2.13. The number of hydrogen-bond acceptors (Lipinski definition) is 2. The standard InChI is InChI=1S/C12H17NO2/c1-9(2)13(3)12(14)10-5-7-11(15-4)8-6-10/h5-9H,1-4H3. The molecule has 0 radical (unpaired) electrons. The van der Waals surface area contributed by atoms with Crippen LogP contribution in [0.1, 0.15) is 24.2 Å². The number of hydrogen-bond donors (Lipinski definition) is 0. The molecule has 0 unspecified atom stereocenters. The first-order valence-corrected chi connectivity index (χ1v) is 4.97. The van der Waals surface area contributed by atoms with E-state index in [1.165, 1.54) is 0 Å². The van der Waals surface area contributed by atoms with Gasteiger partial charge < -0.3 is 9.64 Å². The third-order valence-electron chi connectivity index (χ3n) is 2.43. The van der Waals surface area contributed by atoms with Crippen LogP contribution in [-0.2, 0) is 0 Å². The summed E-state index contributed by atoms with van der Waals surface area (Å²) in [7, 11) is 3.41. The molecule has 1 aromatic carbocycles. The average molecular weight is 207 g/mol. The number of nitrogens with zero attached hydrogens (tertiary/aromatic N) is 1. The molecular weight excluding hydrogens is 190 g/mol. The summed E-state index contributed by atoms with van der Waals surface area (Å²) < 4.78 is 5.03. The predicted molar refractivity (Wildman–Crippen MR) is 60.2 cm³/mol. The maximum Gasteiger partial charge on any atom is 0.253 e. The first kappa shape index (κ1) is 11.6. The second-order valence-electron chi connectivity index (χ2n) is 3.74. The summed E-state index contributed by atoms with van der Waals surface area (Å²) in [4.78, 5) is 13.6.